The molecule has 0 aliphatic carbocycles. The number of aliphatic hydroxyl groups excluding tert-OH is 3. The standard InChI is InChI=1S/3C10H10O2.Cr/c3*1-8(11)7-10(12)9-5-3-2-4-6-9;/h3*2-7,11H,1H3;/b2*8-7+;;. The summed E-state index contributed by atoms with van der Waals surface area (Å²) < 4.78 is 0. The van der Waals surface area contributed by atoms with Gasteiger partial charge in [-0.25, -0.2) is 0 Å². The Bertz CT molecular complexity index is 1050. The summed E-state index contributed by atoms with van der Waals surface area (Å²) in [4.78, 5) is 33.7. The zero-order valence-electron chi connectivity index (χ0n) is 20.9. The van der Waals surface area contributed by atoms with Crippen LogP contribution in [0.4, 0.5) is 0 Å². The van der Waals surface area contributed by atoms with Gasteiger partial charge in [-0.15, -0.1) is 0 Å². The van der Waals surface area contributed by atoms with Gasteiger partial charge in [-0.1, -0.05) is 91.0 Å². The van der Waals surface area contributed by atoms with E-state index in [1.807, 2.05) is 18.2 Å². The van der Waals surface area contributed by atoms with E-state index in [1.165, 1.54) is 39.0 Å². The maximum absolute atomic E-state index is 11.2. The average Bonchev–Trinajstić information content (AvgIpc) is 2.85. The summed E-state index contributed by atoms with van der Waals surface area (Å²) in [5, 5.41) is 26.5. The van der Waals surface area contributed by atoms with Gasteiger partial charge < -0.3 is 15.3 Å². The molecule has 0 aliphatic rings. The van der Waals surface area contributed by atoms with Crippen LogP contribution in [0.5, 0.6) is 0 Å². The largest absolute Gasteiger partial charge is 0.512 e. The summed E-state index contributed by atoms with van der Waals surface area (Å²) in [7, 11) is 0. The molecule has 6 nitrogen and oxygen atoms in total. The maximum Gasteiger partial charge on any atom is 0.189 e. The van der Waals surface area contributed by atoms with Crippen LogP contribution in [0, 0.1) is 0 Å². The number of benzene rings is 3. The van der Waals surface area contributed by atoms with Gasteiger partial charge in [0, 0.05) is 52.3 Å². The zero-order valence-corrected chi connectivity index (χ0v) is 22.1. The van der Waals surface area contributed by atoms with Crippen molar-refractivity contribution in [1.29, 1.82) is 0 Å². The Kier molecular flexibility index (Phi) is 16.1. The van der Waals surface area contributed by atoms with Gasteiger partial charge in [0.15, 0.2) is 17.3 Å². The van der Waals surface area contributed by atoms with Crippen molar-refractivity contribution in [2.24, 2.45) is 0 Å². The first kappa shape index (κ1) is 32.8. The molecule has 37 heavy (non-hydrogen) atoms. The molecule has 3 aromatic rings. The molecular weight excluding hydrogens is 508 g/mol. The molecule has 0 aromatic heterocycles. The summed E-state index contributed by atoms with van der Waals surface area (Å²) in [6.45, 7) is 4.42. The Labute approximate surface area is 228 Å². The van der Waals surface area contributed by atoms with Gasteiger partial charge in [-0.05, 0) is 20.8 Å². The summed E-state index contributed by atoms with van der Waals surface area (Å²) in [5.41, 5.74) is 1.77. The number of hydrogen-bond donors (Lipinski definition) is 3. The third-order valence-corrected chi connectivity index (χ3v) is 4.19. The van der Waals surface area contributed by atoms with Crippen molar-refractivity contribution < 1.29 is 47.1 Å². The first-order valence-electron chi connectivity index (χ1n) is 11.0. The van der Waals surface area contributed by atoms with Crippen molar-refractivity contribution in [3.63, 3.8) is 0 Å². The molecule has 0 atom stereocenters. The van der Waals surface area contributed by atoms with Crippen molar-refractivity contribution in [2.45, 2.75) is 20.8 Å². The van der Waals surface area contributed by atoms with E-state index in [4.69, 9.17) is 15.3 Å². The molecule has 3 N–H and O–H groups in total. The van der Waals surface area contributed by atoms with Gasteiger partial charge in [0.05, 0.1) is 17.3 Å². The van der Waals surface area contributed by atoms with E-state index in [2.05, 4.69) is 0 Å². The molecule has 0 heterocycles. The van der Waals surface area contributed by atoms with E-state index in [0.29, 0.717) is 16.7 Å². The van der Waals surface area contributed by atoms with E-state index in [1.54, 1.807) is 72.8 Å². The van der Waals surface area contributed by atoms with Gasteiger partial charge >= 0.3 is 0 Å². The van der Waals surface area contributed by atoms with Gasteiger partial charge in [0.1, 0.15) is 0 Å². The number of ketones is 3. The van der Waals surface area contributed by atoms with Gasteiger partial charge in [0.25, 0.3) is 0 Å². The predicted molar refractivity (Wildman–Crippen MR) is 141 cm³/mol. The molecule has 192 valence electrons. The van der Waals surface area contributed by atoms with E-state index in [-0.39, 0.29) is 52.0 Å². The van der Waals surface area contributed by atoms with Crippen LogP contribution in [0.25, 0.3) is 0 Å². The fourth-order valence-electron chi connectivity index (χ4n) is 2.63. The number of hydrogen-bond acceptors (Lipinski definition) is 6. The van der Waals surface area contributed by atoms with Crippen LogP contribution in [-0.4, -0.2) is 32.7 Å². The second-order valence-electron chi connectivity index (χ2n) is 7.55. The second kappa shape index (κ2) is 18.1. The molecule has 0 radical (unpaired) electrons. The van der Waals surface area contributed by atoms with Crippen LogP contribution in [0.3, 0.4) is 0 Å². The summed E-state index contributed by atoms with van der Waals surface area (Å²) in [5.74, 6) is -0.418. The number of rotatable bonds is 6. The molecule has 3 aromatic carbocycles. The van der Waals surface area contributed by atoms with Crippen LogP contribution in [0.15, 0.2) is 127 Å². The quantitative estimate of drug-likeness (QED) is 0.177. The topological polar surface area (TPSA) is 112 Å². The molecule has 3 rings (SSSR count). The SMILES string of the molecule is C/C(O)=C\C(=O)c1ccccc1.C/C(O)=C\C(=O)c1ccccc1.CC(O)=CC(=O)c1ccccc1.[Cr]. The minimum absolute atomic E-state index is 0. The van der Waals surface area contributed by atoms with Gasteiger partial charge in [-0.3, -0.25) is 14.4 Å². The molecule has 0 unspecified atom stereocenters. The van der Waals surface area contributed by atoms with Crippen molar-refractivity contribution in [2.75, 3.05) is 0 Å². The van der Waals surface area contributed by atoms with Crippen molar-refractivity contribution in [3.05, 3.63) is 143 Å². The molecule has 0 bridgehead atoms. The number of allylic oxidation sites excluding steroid dienone is 6. The third-order valence-electron chi connectivity index (χ3n) is 4.19. The molecule has 0 amide bonds. The molecule has 0 saturated carbocycles. The molecule has 0 fully saturated rings. The Hall–Kier alpha value is -4.18. The van der Waals surface area contributed by atoms with E-state index in [9.17, 15) is 14.4 Å². The smallest absolute Gasteiger partial charge is 0.189 e. The fourth-order valence-corrected chi connectivity index (χ4v) is 2.63. The van der Waals surface area contributed by atoms with E-state index in [0.717, 1.165) is 0 Å². The minimum Gasteiger partial charge on any atom is -0.512 e. The van der Waals surface area contributed by atoms with Crippen LogP contribution in [0.2, 0.25) is 0 Å². The third kappa shape index (κ3) is 14.7. The number of aliphatic hydroxyl groups is 3. The predicted octanol–water partition coefficient (Wildman–Crippen LogP) is 6.99. The molecule has 0 aliphatic heterocycles. The van der Waals surface area contributed by atoms with Gasteiger partial charge in [-0.2, -0.15) is 0 Å². The second-order valence-corrected chi connectivity index (χ2v) is 7.55. The maximum atomic E-state index is 11.2. The Morgan fingerprint density at radius 3 is 0.811 bits per heavy atom. The van der Waals surface area contributed by atoms with Crippen LogP contribution >= 0.6 is 0 Å². The summed E-state index contributed by atoms with van der Waals surface area (Å²) >= 11 is 0. The Morgan fingerprint density at radius 1 is 0.459 bits per heavy atom. The normalized spacial score (nSPS) is 10.9. The molecular formula is C30H30CrO6. The molecule has 7 heteroatoms. The number of carbonyl (C=O) groups excluding carboxylic acids is 3. The average molecular weight is 539 g/mol. The van der Waals surface area contributed by atoms with Crippen molar-refractivity contribution in [3.8, 4) is 0 Å². The fraction of sp³-hybridized carbons (Fsp3) is 0.100. The summed E-state index contributed by atoms with van der Waals surface area (Å²) in [6, 6.07) is 26.5. The first-order valence-corrected chi connectivity index (χ1v) is 11.0. The van der Waals surface area contributed by atoms with Crippen LogP contribution < -0.4 is 0 Å². The van der Waals surface area contributed by atoms with Gasteiger partial charge in [0.2, 0.25) is 0 Å². The number of carbonyl (C=O) groups is 3. The Balaban J connectivity index is 0.000000518. The van der Waals surface area contributed by atoms with Crippen molar-refractivity contribution >= 4 is 17.3 Å². The molecule has 0 saturated heterocycles. The van der Waals surface area contributed by atoms with Crippen LogP contribution in [-0.2, 0) is 17.4 Å². The van der Waals surface area contributed by atoms with E-state index < -0.39 is 0 Å². The first-order chi connectivity index (χ1) is 17.1. The summed E-state index contributed by atoms with van der Waals surface area (Å²) in [6.07, 6.45) is 3.61. The van der Waals surface area contributed by atoms with E-state index >= 15 is 0 Å². The van der Waals surface area contributed by atoms with Crippen LogP contribution in [0.1, 0.15) is 51.8 Å². The zero-order chi connectivity index (χ0) is 26.9. The van der Waals surface area contributed by atoms with Crippen molar-refractivity contribution in [1.82, 2.24) is 0 Å². The monoisotopic (exact) mass is 538 g/mol. The Morgan fingerprint density at radius 2 is 0.649 bits per heavy atom. The minimum atomic E-state index is -0.171. The molecule has 0 spiro atoms.